The Labute approximate surface area is 95.0 Å². The summed E-state index contributed by atoms with van der Waals surface area (Å²) in [5.41, 5.74) is -0.0427. The Morgan fingerprint density at radius 1 is 1.38 bits per heavy atom. The molecule has 7 heteroatoms. The molecule has 1 amide bonds. The first-order valence-corrected chi connectivity index (χ1v) is 4.81. The van der Waals surface area contributed by atoms with E-state index in [1.807, 2.05) is 0 Å². The van der Waals surface area contributed by atoms with Crippen molar-refractivity contribution < 1.29 is 22.7 Å². The fourth-order valence-corrected chi connectivity index (χ4v) is 1.05. The van der Waals surface area contributed by atoms with Crippen molar-refractivity contribution in [1.82, 2.24) is 0 Å². The molecule has 1 N–H and O–H groups in total. The van der Waals surface area contributed by atoms with Crippen molar-refractivity contribution in [1.29, 1.82) is 0 Å². The highest BCUT2D eigenvalue weighted by Crippen LogP contribution is 2.29. The van der Waals surface area contributed by atoms with Gasteiger partial charge in [0.05, 0.1) is 11.4 Å². The molecule has 3 nitrogen and oxygen atoms in total. The lowest BCUT2D eigenvalue weighted by Gasteiger charge is -2.13. The van der Waals surface area contributed by atoms with Gasteiger partial charge in [-0.15, -0.1) is 13.2 Å². The van der Waals surface area contributed by atoms with E-state index in [0.717, 1.165) is 6.07 Å². The van der Waals surface area contributed by atoms with E-state index in [-0.39, 0.29) is 11.4 Å². The molecule has 0 radical (unpaired) electrons. The van der Waals surface area contributed by atoms with Crippen molar-refractivity contribution >= 4 is 24.2 Å². The first-order valence-electron chi connectivity index (χ1n) is 4.18. The molecular formula is C9H8F3NO2S. The zero-order chi connectivity index (χ0) is 12.2. The minimum Gasteiger partial charge on any atom is -0.404 e. The highest BCUT2D eigenvalue weighted by Gasteiger charge is 2.32. The lowest BCUT2D eigenvalue weighted by Crippen LogP contribution is -2.19. The van der Waals surface area contributed by atoms with Gasteiger partial charge in [0.15, 0.2) is 5.75 Å². The van der Waals surface area contributed by atoms with E-state index in [2.05, 4.69) is 22.7 Å². The lowest BCUT2D eigenvalue weighted by atomic mass is 10.3. The quantitative estimate of drug-likeness (QED) is 0.810. The fraction of sp³-hybridized carbons (Fsp3) is 0.222. The van der Waals surface area contributed by atoms with E-state index in [1.54, 1.807) is 0 Å². The molecule has 1 aromatic rings. The van der Waals surface area contributed by atoms with Crippen LogP contribution in [0.4, 0.5) is 18.9 Å². The van der Waals surface area contributed by atoms with Crippen LogP contribution in [0.1, 0.15) is 0 Å². The fourth-order valence-electron chi connectivity index (χ4n) is 0.973. The molecule has 0 atom stereocenters. The number of nitrogens with one attached hydrogen (secondary N) is 1. The summed E-state index contributed by atoms with van der Waals surface area (Å²) in [5, 5.41) is 2.24. The van der Waals surface area contributed by atoms with Gasteiger partial charge in [0.1, 0.15) is 0 Å². The number of hydrogen-bond acceptors (Lipinski definition) is 3. The second-order valence-corrected chi connectivity index (χ2v) is 3.07. The molecule has 88 valence electrons. The Kier molecular flexibility index (Phi) is 4.05. The SMILES string of the molecule is O=C(CS)Nc1ccccc1OC(F)(F)F. The second kappa shape index (κ2) is 5.11. The first-order chi connectivity index (χ1) is 7.42. The molecule has 0 saturated heterocycles. The van der Waals surface area contributed by atoms with Gasteiger partial charge in [-0.2, -0.15) is 12.6 Å². The normalized spacial score (nSPS) is 11.0. The van der Waals surface area contributed by atoms with Gasteiger partial charge in [0.25, 0.3) is 0 Å². The number of halogens is 3. The summed E-state index contributed by atoms with van der Waals surface area (Å²) < 4.78 is 39.7. The Hall–Kier alpha value is -1.37. The highest BCUT2D eigenvalue weighted by molar-refractivity contribution is 7.81. The number of ether oxygens (including phenoxy) is 1. The van der Waals surface area contributed by atoms with E-state index in [1.165, 1.54) is 18.2 Å². The summed E-state index contributed by atoms with van der Waals surface area (Å²) in [6, 6.07) is 5.28. The molecule has 16 heavy (non-hydrogen) atoms. The number of benzene rings is 1. The molecule has 0 spiro atoms. The first kappa shape index (κ1) is 12.7. The van der Waals surface area contributed by atoms with Crippen LogP contribution in [0.25, 0.3) is 0 Å². The summed E-state index contributed by atoms with van der Waals surface area (Å²) in [7, 11) is 0. The Morgan fingerprint density at radius 2 is 2.00 bits per heavy atom. The molecule has 1 rings (SSSR count). The molecule has 0 aliphatic rings. The summed E-state index contributed by atoms with van der Waals surface area (Å²) in [6.07, 6.45) is -4.79. The minimum absolute atomic E-state index is 0.0427. The van der Waals surface area contributed by atoms with Gasteiger partial charge in [-0.3, -0.25) is 4.79 Å². The smallest absolute Gasteiger partial charge is 0.404 e. The van der Waals surface area contributed by atoms with Gasteiger partial charge in [0.2, 0.25) is 5.91 Å². The van der Waals surface area contributed by atoms with Crippen molar-refractivity contribution in [3.63, 3.8) is 0 Å². The third-order valence-electron chi connectivity index (χ3n) is 1.53. The van der Waals surface area contributed by atoms with Crippen molar-refractivity contribution in [2.45, 2.75) is 6.36 Å². The molecule has 0 saturated carbocycles. The van der Waals surface area contributed by atoms with E-state index < -0.39 is 18.0 Å². The molecule has 0 heterocycles. The topological polar surface area (TPSA) is 38.3 Å². The monoisotopic (exact) mass is 251 g/mol. The van der Waals surface area contributed by atoms with Crippen molar-refractivity contribution in [3.8, 4) is 5.75 Å². The van der Waals surface area contributed by atoms with Gasteiger partial charge in [-0.1, -0.05) is 12.1 Å². The van der Waals surface area contributed by atoms with Gasteiger partial charge >= 0.3 is 6.36 Å². The molecule has 0 fully saturated rings. The number of carbonyl (C=O) groups is 1. The predicted molar refractivity (Wildman–Crippen MR) is 55.6 cm³/mol. The van der Waals surface area contributed by atoms with Crippen LogP contribution < -0.4 is 10.1 Å². The van der Waals surface area contributed by atoms with Crippen LogP contribution in [0, 0.1) is 0 Å². The molecular weight excluding hydrogens is 243 g/mol. The molecule has 0 aliphatic heterocycles. The third-order valence-corrected chi connectivity index (χ3v) is 1.82. The largest absolute Gasteiger partial charge is 0.573 e. The van der Waals surface area contributed by atoms with Crippen LogP contribution in [0.15, 0.2) is 24.3 Å². The van der Waals surface area contributed by atoms with Gasteiger partial charge in [0, 0.05) is 0 Å². The second-order valence-electron chi connectivity index (χ2n) is 2.75. The van der Waals surface area contributed by atoms with Gasteiger partial charge in [-0.25, -0.2) is 0 Å². The standard InChI is InChI=1S/C9H8F3NO2S/c10-9(11,12)15-7-4-2-1-3-6(7)13-8(14)5-16/h1-4,16H,5H2,(H,13,14). The summed E-state index contributed by atoms with van der Waals surface area (Å²) in [5.74, 6) is -1.09. The van der Waals surface area contributed by atoms with Crippen LogP contribution in [-0.4, -0.2) is 18.0 Å². The van der Waals surface area contributed by atoms with Crippen LogP contribution in [0.5, 0.6) is 5.75 Å². The Bertz CT molecular complexity index is 381. The van der Waals surface area contributed by atoms with E-state index in [0.29, 0.717) is 0 Å². The molecule has 1 aromatic carbocycles. The summed E-state index contributed by atoms with van der Waals surface area (Å²) in [4.78, 5) is 11.0. The zero-order valence-electron chi connectivity index (χ0n) is 7.91. The van der Waals surface area contributed by atoms with Crippen LogP contribution in [0.2, 0.25) is 0 Å². The number of hydrogen-bond donors (Lipinski definition) is 2. The number of thiol groups is 1. The molecule has 0 aromatic heterocycles. The maximum absolute atomic E-state index is 12.0. The molecule has 0 aliphatic carbocycles. The third kappa shape index (κ3) is 4.01. The molecule has 0 unspecified atom stereocenters. The van der Waals surface area contributed by atoms with Gasteiger partial charge in [-0.05, 0) is 12.1 Å². The van der Waals surface area contributed by atoms with E-state index in [4.69, 9.17) is 0 Å². The number of amides is 1. The van der Waals surface area contributed by atoms with Crippen molar-refractivity contribution in [2.75, 3.05) is 11.1 Å². The van der Waals surface area contributed by atoms with Crippen molar-refractivity contribution in [3.05, 3.63) is 24.3 Å². The zero-order valence-corrected chi connectivity index (χ0v) is 8.81. The maximum Gasteiger partial charge on any atom is 0.573 e. The average Bonchev–Trinajstić information content (AvgIpc) is 2.18. The van der Waals surface area contributed by atoms with E-state index >= 15 is 0 Å². The van der Waals surface area contributed by atoms with Crippen LogP contribution >= 0.6 is 12.6 Å². The minimum atomic E-state index is -4.79. The number of rotatable bonds is 3. The average molecular weight is 251 g/mol. The number of alkyl halides is 3. The van der Waals surface area contributed by atoms with E-state index in [9.17, 15) is 18.0 Å². The number of para-hydroxylation sites is 2. The predicted octanol–water partition coefficient (Wildman–Crippen LogP) is 2.45. The Balaban J connectivity index is 2.87. The highest BCUT2D eigenvalue weighted by atomic mass is 32.1. The lowest BCUT2D eigenvalue weighted by molar-refractivity contribution is -0.274. The number of anilines is 1. The Morgan fingerprint density at radius 3 is 2.56 bits per heavy atom. The van der Waals surface area contributed by atoms with Gasteiger partial charge < -0.3 is 10.1 Å². The van der Waals surface area contributed by atoms with Crippen LogP contribution in [-0.2, 0) is 4.79 Å². The summed E-state index contributed by atoms with van der Waals surface area (Å²) in [6.45, 7) is 0. The molecule has 0 bridgehead atoms. The maximum atomic E-state index is 12.0. The van der Waals surface area contributed by atoms with Crippen LogP contribution in [0.3, 0.4) is 0 Å². The van der Waals surface area contributed by atoms with Crippen molar-refractivity contribution in [2.24, 2.45) is 0 Å². The number of carbonyl (C=O) groups excluding carboxylic acids is 1. The summed E-state index contributed by atoms with van der Waals surface area (Å²) >= 11 is 3.69.